The summed E-state index contributed by atoms with van der Waals surface area (Å²) in [5.74, 6) is 1.71. The van der Waals surface area contributed by atoms with Gasteiger partial charge in [0.25, 0.3) is 0 Å². The summed E-state index contributed by atoms with van der Waals surface area (Å²) in [5.41, 5.74) is 8.30. The van der Waals surface area contributed by atoms with E-state index in [2.05, 4.69) is 193 Å². The minimum absolute atomic E-state index is 0. The van der Waals surface area contributed by atoms with Crippen molar-refractivity contribution in [2.45, 2.75) is 95.9 Å². The monoisotopic (exact) mass is 796 g/mol. The van der Waals surface area contributed by atoms with E-state index in [9.17, 15) is 0 Å². The maximum absolute atomic E-state index is 3.75. The molecule has 10 unspecified atom stereocenters. The molecule has 8 aliphatic rings. The molecule has 2 saturated carbocycles. The van der Waals surface area contributed by atoms with Gasteiger partial charge in [-0.05, 0) is 46.5 Å². The van der Waals surface area contributed by atoms with Crippen LogP contribution in [0.4, 0.5) is 0 Å². The van der Waals surface area contributed by atoms with Crippen LogP contribution in [0.5, 0.6) is 0 Å². The number of allylic oxidation sites excluding steroid dienone is 16. The number of hydrogen-bond acceptors (Lipinski definition) is 0. The van der Waals surface area contributed by atoms with E-state index >= 15 is 0 Å². The van der Waals surface area contributed by atoms with E-state index < -0.39 is 0 Å². The van der Waals surface area contributed by atoms with Crippen molar-refractivity contribution >= 4 is 0 Å². The van der Waals surface area contributed by atoms with Gasteiger partial charge in [-0.1, -0.05) is 191 Å². The van der Waals surface area contributed by atoms with Gasteiger partial charge < -0.3 is 31.2 Å². The molecule has 1 aromatic rings. The molecule has 51 heavy (non-hydrogen) atoms. The Balaban J connectivity index is 0.000000233. The van der Waals surface area contributed by atoms with Crippen molar-refractivity contribution in [3.8, 4) is 0 Å². The Morgan fingerprint density at radius 1 is 0.745 bits per heavy atom. The van der Waals surface area contributed by atoms with E-state index in [-0.39, 0.29) is 94.3 Å². The molecule has 0 N–H and O–H groups in total. The molecule has 0 radical (unpaired) electrons. The fraction of sp³-hybridized carbons (Fsp3) is 0.521. The summed E-state index contributed by atoms with van der Waals surface area (Å²) < 4.78 is 0. The Morgan fingerprint density at radius 2 is 1.27 bits per heavy atom. The van der Waals surface area contributed by atoms with E-state index in [0.29, 0.717) is 17.8 Å². The largest absolute Gasteiger partial charge is 4.00 e. The van der Waals surface area contributed by atoms with Crippen molar-refractivity contribution in [2.24, 2.45) is 61.1 Å². The van der Waals surface area contributed by atoms with Crippen molar-refractivity contribution in [3.63, 3.8) is 0 Å². The summed E-state index contributed by atoms with van der Waals surface area (Å²) in [7, 11) is 0. The van der Waals surface area contributed by atoms with E-state index in [1.54, 1.807) is 11.1 Å². The van der Waals surface area contributed by atoms with Crippen LogP contribution in [0.2, 0.25) is 0 Å². The Bertz CT molecular complexity index is 1780. The SMILES string of the molecule is CC1=CC=CC2[CH-]C3(C)C4(C)C=CC=CC4(C)C4(C)C=CC=CC4(C)C3(C)C12C.CCC1[C-]=C2C(C(C)(C)C)=C1C2Cc1ccccc1.[Cl-].[Cl-].[Zr+4]. The summed E-state index contributed by atoms with van der Waals surface area (Å²) in [6.07, 6.45) is 35.4. The molecule has 0 aliphatic heterocycles. The zero-order valence-corrected chi connectivity index (χ0v) is 37.2. The minimum atomic E-state index is 0. The maximum atomic E-state index is 3.75. The summed E-state index contributed by atoms with van der Waals surface area (Å²) in [4.78, 5) is 0. The van der Waals surface area contributed by atoms with Crippen LogP contribution in [0.15, 0.2) is 119 Å². The predicted molar refractivity (Wildman–Crippen MR) is 205 cm³/mol. The molecule has 2 fully saturated rings. The molecule has 0 nitrogen and oxygen atoms in total. The Kier molecular flexibility index (Phi) is 11.1. The molecule has 0 saturated heterocycles. The van der Waals surface area contributed by atoms with Crippen molar-refractivity contribution < 1.29 is 51.0 Å². The van der Waals surface area contributed by atoms with Crippen molar-refractivity contribution in [3.05, 3.63) is 138 Å². The molecule has 10 atom stereocenters. The molecule has 0 heterocycles. The van der Waals surface area contributed by atoms with E-state index in [4.69, 9.17) is 0 Å². The first kappa shape index (κ1) is 42.3. The quantitative estimate of drug-likeness (QED) is 0.302. The first-order valence-corrected chi connectivity index (χ1v) is 18.8. The second-order valence-electron chi connectivity index (χ2n) is 18.5. The third kappa shape index (κ3) is 4.91. The second-order valence-corrected chi connectivity index (χ2v) is 18.5. The standard InChI is InChI=1S/C29H37.C19H23.2ClH.Zr/c1-21-14-13-15-22-20-27(6)25(4)18-10-9-16-23(25,2)24(3)17-11-12-19-26(24,5)29(27,8)28(21,22)7;1-5-14-12-16-15(11-13-9-7-6-8-10-13)17(14)18(16)19(2,3)4;;;/h9-20,22H,1-8H3;6-10,14-15H,5,11H2,1-4H3;2*1H;/q2*-1;;;+4/p-2. The van der Waals surface area contributed by atoms with Gasteiger partial charge in [0.2, 0.25) is 0 Å². The average Bonchev–Trinajstić information content (AvgIpc) is 3.67. The van der Waals surface area contributed by atoms with Crippen LogP contribution in [-0.2, 0) is 32.6 Å². The van der Waals surface area contributed by atoms with Gasteiger partial charge in [0.15, 0.2) is 0 Å². The fourth-order valence-electron chi connectivity index (χ4n) is 12.9. The van der Waals surface area contributed by atoms with E-state index in [1.165, 1.54) is 23.1 Å². The zero-order valence-electron chi connectivity index (χ0n) is 33.2. The minimum Gasteiger partial charge on any atom is -1.00 e. The third-order valence-corrected chi connectivity index (χ3v) is 16.5. The van der Waals surface area contributed by atoms with Crippen molar-refractivity contribution in [1.82, 2.24) is 0 Å². The third-order valence-electron chi connectivity index (χ3n) is 16.5. The Morgan fingerprint density at radius 3 is 1.80 bits per heavy atom. The van der Waals surface area contributed by atoms with Gasteiger partial charge in [-0.25, -0.2) is 5.57 Å². The van der Waals surface area contributed by atoms with Crippen molar-refractivity contribution in [2.75, 3.05) is 0 Å². The van der Waals surface area contributed by atoms with Gasteiger partial charge in [-0.15, -0.1) is 17.4 Å². The van der Waals surface area contributed by atoms with Crippen LogP contribution in [0.25, 0.3) is 0 Å². The van der Waals surface area contributed by atoms with Crippen LogP contribution >= 0.6 is 0 Å². The number of rotatable bonds is 3. The van der Waals surface area contributed by atoms with E-state index in [0.717, 1.165) is 6.42 Å². The smallest absolute Gasteiger partial charge is 1.00 e. The average molecular weight is 799 g/mol. The fourth-order valence-corrected chi connectivity index (χ4v) is 12.9. The molecule has 1 aromatic carbocycles. The molecule has 270 valence electrons. The van der Waals surface area contributed by atoms with Crippen LogP contribution in [0.1, 0.15) is 95.1 Å². The molecule has 0 aromatic heterocycles. The van der Waals surface area contributed by atoms with Gasteiger partial charge >= 0.3 is 26.2 Å². The second kappa shape index (κ2) is 13.4. The first-order valence-electron chi connectivity index (χ1n) is 18.8. The molecule has 8 aliphatic carbocycles. The van der Waals surface area contributed by atoms with Crippen LogP contribution in [0.3, 0.4) is 0 Å². The molecular formula is C48H60Cl2Zr. The van der Waals surface area contributed by atoms with Crippen molar-refractivity contribution in [1.29, 1.82) is 0 Å². The summed E-state index contributed by atoms with van der Waals surface area (Å²) in [5, 5.41) is 0. The Hall–Kier alpha value is -1.40. The summed E-state index contributed by atoms with van der Waals surface area (Å²) >= 11 is 0. The van der Waals surface area contributed by atoms with Crippen LogP contribution < -0.4 is 24.8 Å². The molecule has 2 bridgehead atoms. The van der Waals surface area contributed by atoms with Crippen LogP contribution in [0, 0.1) is 73.6 Å². The van der Waals surface area contributed by atoms with Gasteiger partial charge in [-0.3, -0.25) is 6.08 Å². The number of hydrogen-bond donors (Lipinski definition) is 0. The number of fused-ring (bicyclic) bond motifs is 9. The predicted octanol–water partition coefficient (Wildman–Crippen LogP) is 6.62. The molecule has 9 rings (SSSR count). The van der Waals surface area contributed by atoms with Crippen LogP contribution in [-0.4, -0.2) is 0 Å². The Labute approximate surface area is 343 Å². The maximum Gasteiger partial charge on any atom is 4.00 e. The summed E-state index contributed by atoms with van der Waals surface area (Å²) in [6.45, 7) is 29.6. The first-order chi connectivity index (χ1) is 22.4. The van der Waals surface area contributed by atoms with E-state index in [1.807, 2.05) is 0 Å². The normalized spacial score (nSPS) is 43.0. The summed E-state index contributed by atoms with van der Waals surface area (Å²) in [6, 6.07) is 10.9. The van der Waals surface area contributed by atoms with Gasteiger partial charge in [0.1, 0.15) is 0 Å². The molecule has 0 spiro atoms. The van der Waals surface area contributed by atoms with Gasteiger partial charge in [-0.2, -0.15) is 11.1 Å². The zero-order chi connectivity index (χ0) is 34.8. The number of benzene rings is 1. The van der Waals surface area contributed by atoms with Gasteiger partial charge in [0.05, 0.1) is 0 Å². The molecule has 3 heteroatoms. The number of halogens is 2. The van der Waals surface area contributed by atoms with Gasteiger partial charge in [0, 0.05) is 10.8 Å². The topological polar surface area (TPSA) is 0 Å². The molecular weight excluding hydrogens is 739 g/mol. The molecule has 0 amide bonds.